The van der Waals surface area contributed by atoms with E-state index in [0.717, 1.165) is 36.2 Å². The molecule has 0 saturated heterocycles. The van der Waals surface area contributed by atoms with Gasteiger partial charge >= 0.3 is 0 Å². The summed E-state index contributed by atoms with van der Waals surface area (Å²) in [6, 6.07) is 3.72. The molecule has 0 aliphatic rings. The molecule has 0 amide bonds. The number of aryl methyl sites for hydroxylation is 2. The fourth-order valence-corrected chi connectivity index (χ4v) is 2.95. The molecular formula is C14H17Cl3N2S. The third-order valence-corrected chi connectivity index (χ3v) is 5.30. The predicted octanol–water partition coefficient (Wildman–Crippen LogP) is 5.27. The summed E-state index contributed by atoms with van der Waals surface area (Å²) < 4.78 is 2.21. The fourth-order valence-electron chi connectivity index (χ4n) is 2.12. The molecule has 20 heavy (non-hydrogen) atoms. The SMILES string of the molecule is CSC(C)CCn1c(CCCl)nc2cc(Cl)c(Cl)cc21. The average Bonchev–Trinajstić information content (AvgIpc) is 2.74. The van der Waals surface area contributed by atoms with Gasteiger partial charge in [0.2, 0.25) is 0 Å². The van der Waals surface area contributed by atoms with Crippen LogP contribution in [0.15, 0.2) is 12.1 Å². The summed E-state index contributed by atoms with van der Waals surface area (Å²) in [6.45, 7) is 3.15. The Morgan fingerprint density at radius 3 is 2.65 bits per heavy atom. The molecule has 0 saturated carbocycles. The third-order valence-electron chi connectivity index (χ3n) is 3.35. The highest BCUT2D eigenvalue weighted by atomic mass is 35.5. The van der Waals surface area contributed by atoms with Gasteiger partial charge in [-0.3, -0.25) is 0 Å². The molecule has 1 aromatic heterocycles. The molecule has 1 atom stereocenters. The smallest absolute Gasteiger partial charge is 0.111 e. The van der Waals surface area contributed by atoms with Crippen LogP contribution in [-0.4, -0.2) is 26.9 Å². The topological polar surface area (TPSA) is 17.8 Å². The highest BCUT2D eigenvalue weighted by Crippen LogP contribution is 2.29. The summed E-state index contributed by atoms with van der Waals surface area (Å²) in [4.78, 5) is 4.64. The van der Waals surface area contributed by atoms with Crippen LogP contribution in [0.5, 0.6) is 0 Å². The Morgan fingerprint density at radius 2 is 2.00 bits per heavy atom. The van der Waals surface area contributed by atoms with E-state index >= 15 is 0 Å². The fraction of sp³-hybridized carbons (Fsp3) is 0.500. The van der Waals surface area contributed by atoms with Gasteiger partial charge < -0.3 is 4.57 Å². The Bertz CT molecular complexity index is 598. The van der Waals surface area contributed by atoms with Gasteiger partial charge in [0.1, 0.15) is 5.82 Å². The zero-order valence-corrected chi connectivity index (χ0v) is 14.6. The van der Waals surface area contributed by atoms with Gasteiger partial charge in [0.15, 0.2) is 0 Å². The van der Waals surface area contributed by atoms with E-state index in [1.54, 1.807) is 0 Å². The van der Waals surface area contributed by atoms with Gasteiger partial charge in [0.25, 0.3) is 0 Å². The van der Waals surface area contributed by atoms with E-state index in [4.69, 9.17) is 34.8 Å². The van der Waals surface area contributed by atoms with E-state index in [1.807, 2.05) is 23.9 Å². The van der Waals surface area contributed by atoms with E-state index < -0.39 is 0 Å². The quantitative estimate of drug-likeness (QED) is 0.660. The van der Waals surface area contributed by atoms with Crippen LogP contribution < -0.4 is 0 Å². The van der Waals surface area contributed by atoms with Gasteiger partial charge in [-0.15, -0.1) is 11.6 Å². The lowest BCUT2D eigenvalue weighted by molar-refractivity contribution is 0.628. The van der Waals surface area contributed by atoms with Crippen molar-refractivity contribution in [3.63, 3.8) is 0 Å². The minimum absolute atomic E-state index is 0.540. The summed E-state index contributed by atoms with van der Waals surface area (Å²) in [5, 5.41) is 1.72. The second-order valence-corrected chi connectivity index (χ2v) is 7.18. The normalized spacial score (nSPS) is 13.1. The molecule has 110 valence electrons. The number of hydrogen-bond donors (Lipinski definition) is 0. The van der Waals surface area contributed by atoms with Crippen molar-refractivity contribution in [1.29, 1.82) is 0 Å². The number of thioether (sulfide) groups is 1. The number of imidazole rings is 1. The predicted molar refractivity (Wildman–Crippen MR) is 91.8 cm³/mol. The summed E-state index contributed by atoms with van der Waals surface area (Å²) >= 11 is 19.9. The summed E-state index contributed by atoms with van der Waals surface area (Å²) in [6.07, 6.45) is 3.97. The molecular weight excluding hydrogens is 335 g/mol. The van der Waals surface area contributed by atoms with Crippen LogP contribution in [0.2, 0.25) is 10.0 Å². The first-order valence-corrected chi connectivity index (χ1v) is 9.07. The van der Waals surface area contributed by atoms with Crippen LogP contribution in [-0.2, 0) is 13.0 Å². The van der Waals surface area contributed by atoms with Crippen molar-refractivity contribution in [2.75, 3.05) is 12.1 Å². The highest BCUT2D eigenvalue weighted by molar-refractivity contribution is 7.99. The monoisotopic (exact) mass is 350 g/mol. The molecule has 6 heteroatoms. The van der Waals surface area contributed by atoms with Gasteiger partial charge in [0, 0.05) is 24.1 Å². The zero-order chi connectivity index (χ0) is 14.7. The molecule has 0 bridgehead atoms. The molecule has 0 spiro atoms. The van der Waals surface area contributed by atoms with Gasteiger partial charge in [-0.25, -0.2) is 4.98 Å². The molecule has 0 aliphatic carbocycles. The average molecular weight is 352 g/mol. The number of aromatic nitrogens is 2. The zero-order valence-electron chi connectivity index (χ0n) is 11.5. The minimum atomic E-state index is 0.540. The first-order valence-electron chi connectivity index (χ1n) is 6.49. The van der Waals surface area contributed by atoms with E-state index in [-0.39, 0.29) is 0 Å². The van der Waals surface area contributed by atoms with Crippen molar-refractivity contribution >= 4 is 57.6 Å². The van der Waals surface area contributed by atoms with Crippen LogP contribution >= 0.6 is 46.6 Å². The Balaban J connectivity index is 2.42. The van der Waals surface area contributed by atoms with Gasteiger partial charge in [-0.2, -0.15) is 11.8 Å². The minimum Gasteiger partial charge on any atom is -0.328 e. The van der Waals surface area contributed by atoms with Gasteiger partial charge in [-0.05, 0) is 24.8 Å². The Morgan fingerprint density at radius 1 is 1.30 bits per heavy atom. The molecule has 0 aliphatic heterocycles. The van der Waals surface area contributed by atoms with Gasteiger partial charge in [0.05, 0.1) is 21.1 Å². The maximum Gasteiger partial charge on any atom is 0.111 e. The maximum absolute atomic E-state index is 6.13. The van der Waals surface area contributed by atoms with Crippen molar-refractivity contribution in [2.45, 2.75) is 31.6 Å². The molecule has 2 aromatic rings. The standard InChI is InChI=1S/C14H17Cl3N2S/c1-9(20-2)4-6-19-13-8-11(17)10(16)7-12(13)18-14(19)3-5-15/h7-9H,3-6H2,1-2H3. The number of hydrogen-bond acceptors (Lipinski definition) is 2. The number of nitrogens with zero attached hydrogens (tertiary/aromatic N) is 2. The van der Waals surface area contributed by atoms with Crippen LogP contribution in [0.25, 0.3) is 11.0 Å². The van der Waals surface area contributed by atoms with Crippen molar-refractivity contribution < 1.29 is 0 Å². The molecule has 2 nitrogen and oxygen atoms in total. The van der Waals surface area contributed by atoms with E-state index in [2.05, 4.69) is 22.7 Å². The maximum atomic E-state index is 6.13. The van der Waals surface area contributed by atoms with E-state index in [9.17, 15) is 0 Å². The number of alkyl halides is 1. The molecule has 0 N–H and O–H groups in total. The van der Waals surface area contributed by atoms with Crippen molar-refractivity contribution in [3.8, 4) is 0 Å². The highest BCUT2D eigenvalue weighted by Gasteiger charge is 2.13. The van der Waals surface area contributed by atoms with Crippen molar-refractivity contribution in [3.05, 3.63) is 28.0 Å². The van der Waals surface area contributed by atoms with Gasteiger partial charge in [-0.1, -0.05) is 30.1 Å². The Labute approximate surface area is 138 Å². The first-order chi connectivity index (χ1) is 9.56. The number of benzene rings is 1. The molecule has 1 heterocycles. The molecule has 1 unspecified atom stereocenters. The summed E-state index contributed by atoms with van der Waals surface area (Å²) in [5.74, 6) is 1.56. The largest absolute Gasteiger partial charge is 0.328 e. The lowest BCUT2D eigenvalue weighted by Gasteiger charge is -2.12. The molecule has 1 aromatic carbocycles. The molecule has 2 rings (SSSR count). The number of rotatable bonds is 6. The summed E-state index contributed by atoms with van der Waals surface area (Å²) in [5.41, 5.74) is 1.92. The Kier molecular flexibility index (Phi) is 5.91. The lowest BCUT2D eigenvalue weighted by Crippen LogP contribution is -2.08. The molecule has 0 fully saturated rings. The van der Waals surface area contributed by atoms with E-state index in [1.165, 1.54) is 0 Å². The van der Waals surface area contributed by atoms with Crippen LogP contribution in [0.4, 0.5) is 0 Å². The van der Waals surface area contributed by atoms with Crippen LogP contribution in [0.3, 0.4) is 0 Å². The van der Waals surface area contributed by atoms with Crippen LogP contribution in [0.1, 0.15) is 19.2 Å². The van der Waals surface area contributed by atoms with E-state index in [0.29, 0.717) is 21.2 Å². The second-order valence-electron chi connectivity index (χ2n) is 4.71. The second kappa shape index (κ2) is 7.26. The lowest BCUT2D eigenvalue weighted by atomic mass is 10.3. The third kappa shape index (κ3) is 3.56. The van der Waals surface area contributed by atoms with Crippen molar-refractivity contribution in [2.24, 2.45) is 0 Å². The van der Waals surface area contributed by atoms with Crippen LogP contribution in [0, 0.1) is 0 Å². The first kappa shape index (κ1) is 16.3. The Hall–Kier alpha value is -0.0900. The molecule has 0 radical (unpaired) electrons. The number of fused-ring (bicyclic) bond motifs is 1. The summed E-state index contributed by atoms with van der Waals surface area (Å²) in [7, 11) is 0. The van der Waals surface area contributed by atoms with Crippen molar-refractivity contribution in [1.82, 2.24) is 9.55 Å². The number of halogens is 3.